The number of pyridine rings is 1. The van der Waals surface area contributed by atoms with Gasteiger partial charge in [0.2, 0.25) is 0 Å². The molecular formula is C12H11BrClN3O2S. The van der Waals surface area contributed by atoms with E-state index in [1.54, 1.807) is 13.0 Å². The number of sulfonamides is 1. The highest BCUT2D eigenvalue weighted by Crippen LogP contribution is 2.26. The lowest BCUT2D eigenvalue weighted by Gasteiger charge is -2.10. The Morgan fingerprint density at radius 3 is 2.65 bits per heavy atom. The molecule has 0 unspecified atom stereocenters. The second-order valence-corrected chi connectivity index (χ2v) is 6.99. The Bertz CT molecular complexity index is 765. The highest BCUT2D eigenvalue weighted by molar-refractivity contribution is 9.10. The van der Waals surface area contributed by atoms with Crippen LogP contribution in [0.4, 0.5) is 11.4 Å². The summed E-state index contributed by atoms with van der Waals surface area (Å²) in [6.45, 7) is 1.74. The lowest BCUT2D eigenvalue weighted by atomic mass is 10.3. The Labute approximate surface area is 130 Å². The third-order valence-electron chi connectivity index (χ3n) is 2.51. The van der Waals surface area contributed by atoms with Crippen LogP contribution in [-0.4, -0.2) is 13.4 Å². The van der Waals surface area contributed by atoms with Gasteiger partial charge in [-0.05, 0) is 52.7 Å². The van der Waals surface area contributed by atoms with Crippen LogP contribution in [-0.2, 0) is 10.0 Å². The summed E-state index contributed by atoms with van der Waals surface area (Å²) in [5, 5.41) is 0.335. The minimum atomic E-state index is -3.73. The van der Waals surface area contributed by atoms with E-state index in [0.717, 1.165) is 0 Å². The van der Waals surface area contributed by atoms with Gasteiger partial charge in [-0.3, -0.25) is 4.72 Å². The summed E-state index contributed by atoms with van der Waals surface area (Å²) in [5.41, 5.74) is 7.09. The molecule has 1 heterocycles. The zero-order valence-electron chi connectivity index (χ0n) is 10.4. The molecular weight excluding hydrogens is 366 g/mol. The van der Waals surface area contributed by atoms with Crippen molar-refractivity contribution >= 4 is 48.9 Å². The smallest absolute Gasteiger partial charge is 0.263 e. The quantitative estimate of drug-likeness (QED) is 0.636. The van der Waals surface area contributed by atoms with Crippen LogP contribution in [0.2, 0.25) is 5.15 Å². The zero-order valence-corrected chi connectivity index (χ0v) is 13.6. The fourth-order valence-electron chi connectivity index (χ4n) is 1.56. The molecule has 0 amide bonds. The van der Waals surface area contributed by atoms with E-state index in [0.29, 0.717) is 26.6 Å². The first-order chi connectivity index (χ1) is 9.29. The first kappa shape index (κ1) is 15.1. The van der Waals surface area contributed by atoms with Crippen LogP contribution in [0.1, 0.15) is 5.56 Å². The fraction of sp³-hybridized carbons (Fsp3) is 0.0833. The second-order valence-electron chi connectivity index (χ2n) is 4.13. The second kappa shape index (κ2) is 5.59. The number of benzene rings is 1. The van der Waals surface area contributed by atoms with Gasteiger partial charge in [0.05, 0.1) is 11.9 Å². The average molecular weight is 377 g/mol. The lowest BCUT2D eigenvalue weighted by molar-refractivity contribution is 0.601. The van der Waals surface area contributed by atoms with Gasteiger partial charge in [-0.15, -0.1) is 0 Å². The van der Waals surface area contributed by atoms with E-state index >= 15 is 0 Å². The van der Waals surface area contributed by atoms with E-state index in [2.05, 4.69) is 25.6 Å². The average Bonchev–Trinajstić information content (AvgIpc) is 2.33. The molecule has 0 bridgehead atoms. The highest BCUT2D eigenvalue weighted by Gasteiger charge is 2.18. The molecule has 8 heteroatoms. The maximum Gasteiger partial charge on any atom is 0.263 e. The standard InChI is InChI=1S/C12H11BrClN3O2S/c1-7-4-9(6-16-12(7)14)17-20(18,19)11-3-2-8(15)5-10(11)13/h2-6,17H,15H2,1H3. The minimum Gasteiger partial charge on any atom is -0.399 e. The summed E-state index contributed by atoms with van der Waals surface area (Å²) in [5.74, 6) is 0. The van der Waals surface area contributed by atoms with Crippen LogP contribution < -0.4 is 10.5 Å². The normalized spacial score (nSPS) is 11.3. The first-order valence-corrected chi connectivity index (χ1v) is 8.15. The number of hydrogen-bond donors (Lipinski definition) is 2. The Balaban J connectivity index is 2.38. The van der Waals surface area contributed by atoms with E-state index in [-0.39, 0.29) is 4.90 Å². The van der Waals surface area contributed by atoms with Crippen molar-refractivity contribution in [2.24, 2.45) is 0 Å². The molecule has 2 rings (SSSR count). The lowest BCUT2D eigenvalue weighted by Crippen LogP contribution is -2.14. The number of aromatic nitrogens is 1. The molecule has 0 saturated heterocycles. The van der Waals surface area contributed by atoms with E-state index in [4.69, 9.17) is 17.3 Å². The number of halogens is 2. The maximum absolute atomic E-state index is 12.3. The van der Waals surface area contributed by atoms with Gasteiger partial charge in [0, 0.05) is 10.2 Å². The number of nitrogens with two attached hydrogens (primary N) is 1. The van der Waals surface area contributed by atoms with Crippen molar-refractivity contribution in [1.29, 1.82) is 0 Å². The predicted molar refractivity (Wildman–Crippen MR) is 83.3 cm³/mol. The Kier molecular flexibility index (Phi) is 4.22. The van der Waals surface area contributed by atoms with Crippen molar-refractivity contribution in [2.75, 3.05) is 10.5 Å². The van der Waals surface area contributed by atoms with Crippen molar-refractivity contribution in [2.45, 2.75) is 11.8 Å². The van der Waals surface area contributed by atoms with Gasteiger partial charge in [0.1, 0.15) is 10.0 Å². The van der Waals surface area contributed by atoms with Crippen LogP contribution in [0, 0.1) is 6.92 Å². The molecule has 106 valence electrons. The van der Waals surface area contributed by atoms with Crippen LogP contribution in [0.5, 0.6) is 0 Å². The Morgan fingerprint density at radius 2 is 2.05 bits per heavy atom. The molecule has 3 N–H and O–H groups in total. The molecule has 0 atom stereocenters. The minimum absolute atomic E-state index is 0.0966. The molecule has 0 fully saturated rings. The summed E-state index contributed by atoms with van der Waals surface area (Å²) in [6.07, 6.45) is 1.36. The molecule has 5 nitrogen and oxygen atoms in total. The predicted octanol–water partition coefficient (Wildman–Crippen LogP) is 3.19. The summed E-state index contributed by atoms with van der Waals surface area (Å²) in [4.78, 5) is 4.00. The molecule has 0 aliphatic carbocycles. The number of anilines is 2. The van der Waals surface area contributed by atoms with Gasteiger partial charge in [0.25, 0.3) is 10.0 Å². The Hall–Kier alpha value is -1.31. The number of nitrogen functional groups attached to an aromatic ring is 1. The first-order valence-electron chi connectivity index (χ1n) is 5.49. The van der Waals surface area contributed by atoms with Gasteiger partial charge in [0.15, 0.2) is 0 Å². The van der Waals surface area contributed by atoms with Gasteiger partial charge < -0.3 is 5.73 Å². The molecule has 0 aliphatic rings. The van der Waals surface area contributed by atoms with E-state index < -0.39 is 10.0 Å². The van der Waals surface area contributed by atoms with Gasteiger partial charge in [-0.2, -0.15) is 0 Å². The van der Waals surface area contributed by atoms with Crippen LogP contribution >= 0.6 is 27.5 Å². The third-order valence-corrected chi connectivity index (χ3v) is 5.27. The van der Waals surface area contributed by atoms with Crippen molar-refractivity contribution in [3.05, 3.63) is 45.7 Å². The van der Waals surface area contributed by atoms with Gasteiger partial charge in [-0.25, -0.2) is 13.4 Å². The van der Waals surface area contributed by atoms with Crippen molar-refractivity contribution in [3.63, 3.8) is 0 Å². The van der Waals surface area contributed by atoms with Crippen molar-refractivity contribution in [3.8, 4) is 0 Å². The molecule has 2 aromatic rings. The summed E-state index contributed by atoms with van der Waals surface area (Å²) >= 11 is 8.99. The number of hydrogen-bond acceptors (Lipinski definition) is 4. The number of nitrogens with zero attached hydrogens (tertiary/aromatic N) is 1. The number of nitrogens with one attached hydrogen (secondary N) is 1. The summed E-state index contributed by atoms with van der Waals surface area (Å²) in [6, 6.07) is 6.08. The van der Waals surface area contributed by atoms with Crippen molar-refractivity contribution < 1.29 is 8.42 Å². The van der Waals surface area contributed by atoms with Crippen LogP contribution in [0.25, 0.3) is 0 Å². The van der Waals surface area contributed by atoms with Gasteiger partial charge in [-0.1, -0.05) is 11.6 Å². The van der Waals surface area contributed by atoms with Crippen LogP contribution in [0.3, 0.4) is 0 Å². The highest BCUT2D eigenvalue weighted by atomic mass is 79.9. The fourth-order valence-corrected chi connectivity index (χ4v) is 3.79. The molecule has 0 radical (unpaired) electrons. The molecule has 0 aliphatic heterocycles. The molecule has 0 saturated carbocycles. The number of aryl methyl sites for hydroxylation is 1. The molecule has 1 aromatic heterocycles. The molecule has 20 heavy (non-hydrogen) atoms. The zero-order chi connectivity index (χ0) is 14.9. The van der Waals surface area contributed by atoms with Gasteiger partial charge >= 0.3 is 0 Å². The number of rotatable bonds is 3. The third kappa shape index (κ3) is 3.23. The topological polar surface area (TPSA) is 85.1 Å². The van der Waals surface area contributed by atoms with E-state index in [9.17, 15) is 8.42 Å². The summed E-state index contributed by atoms with van der Waals surface area (Å²) < 4.78 is 27.4. The SMILES string of the molecule is Cc1cc(NS(=O)(=O)c2ccc(N)cc2Br)cnc1Cl. The van der Waals surface area contributed by atoms with Crippen molar-refractivity contribution in [1.82, 2.24) is 4.98 Å². The van der Waals surface area contributed by atoms with E-state index in [1.807, 2.05) is 0 Å². The Morgan fingerprint density at radius 1 is 1.35 bits per heavy atom. The molecule has 0 spiro atoms. The largest absolute Gasteiger partial charge is 0.399 e. The molecule has 1 aromatic carbocycles. The maximum atomic E-state index is 12.3. The van der Waals surface area contributed by atoms with E-state index in [1.165, 1.54) is 24.4 Å². The van der Waals surface area contributed by atoms with Crippen LogP contribution in [0.15, 0.2) is 39.8 Å². The summed E-state index contributed by atoms with van der Waals surface area (Å²) in [7, 11) is -3.73. The monoisotopic (exact) mass is 375 g/mol.